The first-order valence-corrected chi connectivity index (χ1v) is 8.19. The maximum Gasteiger partial charge on any atom is 0.318 e. The van der Waals surface area contributed by atoms with E-state index < -0.39 is 0 Å². The van der Waals surface area contributed by atoms with Crippen LogP contribution in [0.5, 0.6) is 0 Å². The van der Waals surface area contributed by atoms with Crippen LogP contribution in [0.2, 0.25) is 0 Å². The number of morpholine rings is 1. The van der Waals surface area contributed by atoms with Gasteiger partial charge in [-0.15, -0.1) is 0 Å². The van der Waals surface area contributed by atoms with Gasteiger partial charge in [-0.2, -0.15) is 5.10 Å². The molecule has 122 valence electrons. The van der Waals surface area contributed by atoms with E-state index in [1.165, 1.54) is 12.8 Å². The highest BCUT2D eigenvalue weighted by Crippen LogP contribution is 2.35. The topological polar surface area (TPSA) is 59.4 Å². The molecule has 1 spiro atoms. The number of nitrogens with one attached hydrogen (secondary N) is 1. The number of aromatic nitrogens is 2. The Hall–Kier alpha value is -1.56. The van der Waals surface area contributed by atoms with E-state index in [4.69, 9.17) is 4.74 Å². The van der Waals surface area contributed by atoms with E-state index >= 15 is 0 Å². The molecular weight excluding hydrogens is 280 g/mol. The van der Waals surface area contributed by atoms with Crippen LogP contribution < -0.4 is 5.32 Å². The summed E-state index contributed by atoms with van der Waals surface area (Å²) in [6.45, 7) is 6.02. The third-order valence-corrected chi connectivity index (χ3v) is 4.91. The minimum Gasteiger partial charge on any atom is -0.371 e. The van der Waals surface area contributed by atoms with Crippen LogP contribution in [0, 0.1) is 6.92 Å². The van der Waals surface area contributed by atoms with Gasteiger partial charge in [-0.1, -0.05) is 12.8 Å². The predicted molar refractivity (Wildman–Crippen MR) is 83.6 cm³/mol. The van der Waals surface area contributed by atoms with E-state index in [0.29, 0.717) is 13.2 Å². The van der Waals surface area contributed by atoms with Crippen molar-refractivity contribution < 1.29 is 9.53 Å². The number of carbonyl (C=O) groups excluding carboxylic acids is 1. The predicted octanol–water partition coefficient (Wildman–Crippen LogP) is 2.14. The Kier molecular flexibility index (Phi) is 4.12. The van der Waals surface area contributed by atoms with Gasteiger partial charge in [0, 0.05) is 25.4 Å². The van der Waals surface area contributed by atoms with E-state index in [1.54, 1.807) is 4.68 Å². The van der Waals surface area contributed by atoms with Gasteiger partial charge in [0.05, 0.1) is 30.5 Å². The largest absolute Gasteiger partial charge is 0.371 e. The Morgan fingerprint density at radius 2 is 2.18 bits per heavy atom. The van der Waals surface area contributed by atoms with Gasteiger partial charge < -0.3 is 15.0 Å². The van der Waals surface area contributed by atoms with Gasteiger partial charge in [0.2, 0.25) is 0 Å². The molecule has 0 bridgehead atoms. The van der Waals surface area contributed by atoms with Crippen molar-refractivity contribution >= 4 is 6.03 Å². The molecule has 1 N–H and O–H groups in total. The number of hydrogen-bond donors (Lipinski definition) is 1. The molecule has 1 aromatic heterocycles. The maximum atomic E-state index is 12.6. The first kappa shape index (κ1) is 15.3. The van der Waals surface area contributed by atoms with Crippen LogP contribution in [-0.4, -0.2) is 46.0 Å². The number of ether oxygens (including phenoxy) is 1. The normalized spacial score (nSPS) is 22.0. The Morgan fingerprint density at radius 1 is 1.45 bits per heavy atom. The summed E-state index contributed by atoms with van der Waals surface area (Å²) in [5.41, 5.74) is 1.95. The number of amides is 2. The zero-order chi connectivity index (χ0) is 15.7. The molecule has 2 aliphatic rings. The van der Waals surface area contributed by atoms with Gasteiger partial charge in [-0.05, 0) is 26.7 Å². The van der Waals surface area contributed by atoms with Crippen molar-refractivity contribution in [2.24, 2.45) is 7.05 Å². The highest BCUT2D eigenvalue weighted by molar-refractivity contribution is 5.75. The lowest BCUT2D eigenvalue weighted by molar-refractivity contribution is -0.0927. The number of nitrogens with zero attached hydrogens (tertiary/aromatic N) is 3. The van der Waals surface area contributed by atoms with Crippen LogP contribution in [-0.2, 0) is 11.8 Å². The molecule has 1 aliphatic carbocycles. The molecule has 1 aliphatic heterocycles. The van der Waals surface area contributed by atoms with E-state index in [0.717, 1.165) is 30.6 Å². The van der Waals surface area contributed by atoms with Crippen molar-refractivity contribution in [3.05, 3.63) is 17.5 Å². The lowest BCUT2D eigenvalue weighted by Gasteiger charge is -2.40. The highest BCUT2D eigenvalue weighted by atomic mass is 16.5. The van der Waals surface area contributed by atoms with Crippen LogP contribution in [0.3, 0.4) is 0 Å². The van der Waals surface area contributed by atoms with Crippen molar-refractivity contribution in [1.29, 1.82) is 0 Å². The summed E-state index contributed by atoms with van der Waals surface area (Å²) in [5.74, 6) is 0. The van der Waals surface area contributed by atoms with Crippen molar-refractivity contribution in [2.45, 2.75) is 51.2 Å². The Labute approximate surface area is 131 Å². The molecule has 3 rings (SSSR count). The van der Waals surface area contributed by atoms with E-state index in [-0.39, 0.29) is 17.7 Å². The summed E-state index contributed by atoms with van der Waals surface area (Å²) < 4.78 is 7.77. The second-order valence-corrected chi connectivity index (χ2v) is 6.67. The summed E-state index contributed by atoms with van der Waals surface area (Å²) in [6, 6.07) is -0.0334. The third kappa shape index (κ3) is 2.97. The number of hydrogen-bond acceptors (Lipinski definition) is 3. The average Bonchev–Trinajstić information content (AvgIpc) is 3.05. The van der Waals surface area contributed by atoms with Crippen molar-refractivity contribution in [3.63, 3.8) is 0 Å². The minimum atomic E-state index is -0.0803. The van der Waals surface area contributed by atoms with Crippen molar-refractivity contribution in [2.75, 3.05) is 19.7 Å². The van der Waals surface area contributed by atoms with Crippen molar-refractivity contribution in [1.82, 2.24) is 20.0 Å². The standard InChI is InChI=1S/C16H26N4O2/c1-12(14-10-19(3)18-13(14)2)17-15(21)20-8-9-22-16(11-20)6-4-5-7-16/h10,12H,4-9,11H2,1-3H3,(H,17,21)/t12-/m0/s1. The summed E-state index contributed by atoms with van der Waals surface area (Å²) in [5, 5.41) is 7.45. The van der Waals surface area contributed by atoms with E-state index in [9.17, 15) is 4.79 Å². The van der Waals surface area contributed by atoms with Gasteiger partial charge in [0.1, 0.15) is 0 Å². The zero-order valence-electron chi connectivity index (χ0n) is 13.8. The quantitative estimate of drug-likeness (QED) is 0.910. The summed E-state index contributed by atoms with van der Waals surface area (Å²) in [4.78, 5) is 14.5. The van der Waals surface area contributed by atoms with Gasteiger partial charge in [0.15, 0.2) is 0 Å². The van der Waals surface area contributed by atoms with Gasteiger partial charge in [-0.25, -0.2) is 4.79 Å². The van der Waals surface area contributed by atoms with Gasteiger partial charge in [-0.3, -0.25) is 4.68 Å². The first-order valence-electron chi connectivity index (χ1n) is 8.19. The Bertz CT molecular complexity index is 548. The molecule has 0 unspecified atom stereocenters. The molecule has 6 nitrogen and oxygen atoms in total. The molecule has 2 amide bonds. The number of carbonyl (C=O) groups is 1. The molecule has 22 heavy (non-hydrogen) atoms. The maximum absolute atomic E-state index is 12.6. The Morgan fingerprint density at radius 3 is 2.82 bits per heavy atom. The molecule has 1 atom stereocenters. The van der Waals surface area contributed by atoms with Crippen LogP contribution in [0.4, 0.5) is 4.79 Å². The molecule has 2 heterocycles. The van der Waals surface area contributed by atoms with E-state index in [1.807, 2.05) is 32.0 Å². The number of urea groups is 1. The average molecular weight is 306 g/mol. The van der Waals surface area contributed by atoms with Crippen LogP contribution >= 0.6 is 0 Å². The summed E-state index contributed by atoms with van der Waals surface area (Å²) >= 11 is 0. The summed E-state index contributed by atoms with van der Waals surface area (Å²) in [7, 11) is 1.90. The SMILES string of the molecule is Cc1nn(C)cc1[C@H](C)NC(=O)N1CCOC2(CCCC2)C1. The molecule has 0 aromatic carbocycles. The van der Waals surface area contributed by atoms with Crippen LogP contribution in [0.15, 0.2) is 6.20 Å². The molecule has 1 saturated heterocycles. The molecule has 1 saturated carbocycles. The second kappa shape index (κ2) is 5.91. The van der Waals surface area contributed by atoms with Gasteiger partial charge in [0.25, 0.3) is 0 Å². The lowest BCUT2D eigenvalue weighted by Crippen LogP contribution is -2.55. The third-order valence-electron chi connectivity index (χ3n) is 4.91. The summed E-state index contributed by atoms with van der Waals surface area (Å²) in [6.07, 6.45) is 6.54. The fourth-order valence-corrected chi connectivity index (χ4v) is 3.74. The minimum absolute atomic E-state index is 0.00493. The first-order chi connectivity index (χ1) is 10.5. The zero-order valence-corrected chi connectivity index (χ0v) is 13.8. The number of rotatable bonds is 2. The lowest BCUT2D eigenvalue weighted by atomic mass is 10.00. The smallest absolute Gasteiger partial charge is 0.318 e. The molecule has 0 radical (unpaired) electrons. The Balaban J connectivity index is 1.62. The van der Waals surface area contributed by atoms with Crippen LogP contribution in [0.25, 0.3) is 0 Å². The van der Waals surface area contributed by atoms with Crippen molar-refractivity contribution in [3.8, 4) is 0 Å². The number of aryl methyl sites for hydroxylation is 2. The molecule has 2 fully saturated rings. The fourth-order valence-electron chi connectivity index (χ4n) is 3.74. The monoisotopic (exact) mass is 306 g/mol. The fraction of sp³-hybridized carbons (Fsp3) is 0.750. The second-order valence-electron chi connectivity index (χ2n) is 6.67. The molecular formula is C16H26N4O2. The van der Waals surface area contributed by atoms with E-state index in [2.05, 4.69) is 10.4 Å². The van der Waals surface area contributed by atoms with Gasteiger partial charge >= 0.3 is 6.03 Å². The highest BCUT2D eigenvalue weighted by Gasteiger charge is 2.40. The molecule has 1 aromatic rings. The van der Waals surface area contributed by atoms with Crippen LogP contribution in [0.1, 0.15) is 49.9 Å². The molecule has 6 heteroatoms.